The number of carbonyl (C=O) groups is 1. The monoisotopic (exact) mass is 322 g/mol. The number of methoxy groups -OCH3 is 1. The second-order valence-electron chi connectivity index (χ2n) is 7.32. The van der Waals surface area contributed by atoms with Crippen LogP contribution in [0.25, 0.3) is 0 Å². The number of aldehydes is 1. The molecule has 0 saturated carbocycles. The fraction of sp³-hybridized carbons (Fsp3) is 0.450. The smallest absolute Gasteiger partial charge is 0.148 e. The number of allylic oxidation sites excluding steroid dienone is 2. The number of rotatable bonds is 2. The number of nitrogens with one attached hydrogen (secondary N) is 1. The standard InChI is InChI=1S/C20H22N2O2/c1-3-12-10-22-8-7-20-15-5-4-6-16(24-2)18(15)21-19(20)14(11-23)13(12)9-17(20)22/h3-6,11,13,17,21H,7-10H2,1-2H3/t13-,17+,20+/m0/s1. The highest BCUT2D eigenvalue weighted by Gasteiger charge is 2.61. The molecule has 4 aliphatic rings. The zero-order valence-corrected chi connectivity index (χ0v) is 14.1. The summed E-state index contributed by atoms with van der Waals surface area (Å²) in [6.07, 6.45) is 5.43. The van der Waals surface area contributed by atoms with E-state index in [1.54, 1.807) is 7.11 Å². The van der Waals surface area contributed by atoms with E-state index in [4.69, 9.17) is 4.74 Å². The second kappa shape index (κ2) is 4.73. The van der Waals surface area contributed by atoms with Gasteiger partial charge in [-0.2, -0.15) is 0 Å². The Balaban J connectivity index is 1.82. The van der Waals surface area contributed by atoms with E-state index in [1.165, 1.54) is 11.1 Å². The van der Waals surface area contributed by atoms with Crippen LogP contribution < -0.4 is 10.1 Å². The van der Waals surface area contributed by atoms with E-state index in [-0.39, 0.29) is 11.3 Å². The van der Waals surface area contributed by atoms with E-state index in [0.29, 0.717) is 6.04 Å². The van der Waals surface area contributed by atoms with Gasteiger partial charge in [-0.1, -0.05) is 23.8 Å². The second-order valence-corrected chi connectivity index (χ2v) is 7.32. The van der Waals surface area contributed by atoms with Gasteiger partial charge in [0, 0.05) is 36.3 Å². The molecule has 2 fully saturated rings. The Morgan fingerprint density at radius 2 is 2.29 bits per heavy atom. The summed E-state index contributed by atoms with van der Waals surface area (Å²) in [6, 6.07) is 6.77. The minimum Gasteiger partial charge on any atom is -0.495 e. The van der Waals surface area contributed by atoms with Crippen molar-refractivity contribution in [2.45, 2.75) is 31.2 Å². The van der Waals surface area contributed by atoms with Gasteiger partial charge in [-0.15, -0.1) is 0 Å². The molecule has 1 N–H and O–H groups in total. The molecule has 0 aromatic heterocycles. The van der Waals surface area contributed by atoms with E-state index in [2.05, 4.69) is 35.3 Å². The SMILES string of the molecule is CC=C1CN2CC[C@]34C(=C(C=O)[C@H]1C[C@@H]23)Nc1c(OC)cccc14. The molecule has 3 aliphatic heterocycles. The van der Waals surface area contributed by atoms with Crippen LogP contribution in [0, 0.1) is 5.92 Å². The molecule has 5 rings (SSSR count). The predicted octanol–water partition coefficient (Wildman–Crippen LogP) is 2.87. The van der Waals surface area contributed by atoms with Gasteiger partial charge in [0.05, 0.1) is 18.2 Å². The van der Waals surface area contributed by atoms with Crippen molar-refractivity contribution in [1.29, 1.82) is 0 Å². The van der Waals surface area contributed by atoms with Crippen LogP contribution in [0.5, 0.6) is 5.75 Å². The molecule has 2 bridgehead atoms. The van der Waals surface area contributed by atoms with Crippen LogP contribution in [-0.4, -0.2) is 37.4 Å². The number of fused-ring (bicyclic) bond motifs is 2. The number of para-hydroxylation sites is 1. The largest absolute Gasteiger partial charge is 0.495 e. The lowest BCUT2D eigenvalue weighted by Gasteiger charge is -2.48. The van der Waals surface area contributed by atoms with Crippen LogP contribution in [0.15, 0.2) is 41.1 Å². The molecule has 3 heterocycles. The van der Waals surface area contributed by atoms with Gasteiger partial charge in [0.25, 0.3) is 0 Å². The summed E-state index contributed by atoms with van der Waals surface area (Å²) in [5.41, 5.74) is 5.80. The molecular formula is C20H22N2O2. The van der Waals surface area contributed by atoms with Gasteiger partial charge < -0.3 is 10.1 Å². The van der Waals surface area contributed by atoms with Crippen LogP contribution in [0.2, 0.25) is 0 Å². The van der Waals surface area contributed by atoms with Crippen molar-refractivity contribution in [3.63, 3.8) is 0 Å². The summed E-state index contributed by atoms with van der Waals surface area (Å²) in [6.45, 7) is 4.18. The molecule has 124 valence electrons. The summed E-state index contributed by atoms with van der Waals surface area (Å²) in [4.78, 5) is 14.7. The number of nitrogens with zero attached hydrogens (tertiary/aromatic N) is 1. The number of benzene rings is 1. The van der Waals surface area contributed by atoms with Gasteiger partial charge in [-0.25, -0.2) is 0 Å². The Kier molecular flexibility index (Phi) is 2.82. The fourth-order valence-electron chi connectivity index (χ4n) is 5.66. The molecule has 1 aromatic rings. The number of anilines is 1. The first-order chi connectivity index (χ1) is 11.7. The van der Waals surface area contributed by atoms with E-state index in [9.17, 15) is 4.79 Å². The van der Waals surface area contributed by atoms with Crippen LogP contribution >= 0.6 is 0 Å². The maximum atomic E-state index is 12.1. The van der Waals surface area contributed by atoms with Gasteiger partial charge >= 0.3 is 0 Å². The molecule has 3 atom stereocenters. The molecule has 0 unspecified atom stereocenters. The number of hydrogen-bond acceptors (Lipinski definition) is 4. The highest BCUT2D eigenvalue weighted by atomic mass is 16.5. The van der Waals surface area contributed by atoms with Gasteiger partial charge in [0.1, 0.15) is 12.0 Å². The Morgan fingerprint density at radius 1 is 1.42 bits per heavy atom. The first-order valence-electron chi connectivity index (χ1n) is 8.78. The van der Waals surface area contributed by atoms with Gasteiger partial charge in [-0.3, -0.25) is 9.69 Å². The average molecular weight is 322 g/mol. The maximum absolute atomic E-state index is 12.1. The quantitative estimate of drug-likeness (QED) is 0.671. The van der Waals surface area contributed by atoms with Gasteiger partial charge in [0.15, 0.2) is 0 Å². The molecule has 24 heavy (non-hydrogen) atoms. The zero-order chi connectivity index (χ0) is 16.5. The topological polar surface area (TPSA) is 41.6 Å². The highest BCUT2D eigenvalue weighted by molar-refractivity contribution is 5.86. The third-order valence-corrected chi connectivity index (χ3v) is 6.68. The first-order valence-corrected chi connectivity index (χ1v) is 8.78. The minimum atomic E-state index is -0.0596. The van der Waals surface area contributed by atoms with E-state index in [0.717, 1.165) is 54.9 Å². The number of piperidine rings is 1. The molecule has 1 spiro atoms. The van der Waals surface area contributed by atoms with E-state index in [1.807, 2.05) is 6.07 Å². The lowest BCUT2D eigenvalue weighted by Crippen LogP contribution is -2.52. The van der Waals surface area contributed by atoms with Crippen molar-refractivity contribution in [1.82, 2.24) is 4.90 Å². The molecule has 4 heteroatoms. The Hall–Kier alpha value is -2.07. The van der Waals surface area contributed by atoms with Crippen LogP contribution in [0.4, 0.5) is 5.69 Å². The Morgan fingerprint density at radius 3 is 3.04 bits per heavy atom. The average Bonchev–Trinajstić information content (AvgIpc) is 3.17. The van der Waals surface area contributed by atoms with Crippen molar-refractivity contribution in [2.75, 3.05) is 25.5 Å². The molecule has 1 aliphatic carbocycles. The van der Waals surface area contributed by atoms with Gasteiger partial charge in [-0.05, 0) is 31.4 Å². The Labute approximate surface area is 142 Å². The van der Waals surface area contributed by atoms with E-state index >= 15 is 0 Å². The van der Waals surface area contributed by atoms with Crippen LogP contribution in [0.3, 0.4) is 0 Å². The van der Waals surface area contributed by atoms with E-state index < -0.39 is 0 Å². The van der Waals surface area contributed by atoms with Crippen LogP contribution in [0.1, 0.15) is 25.3 Å². The Bertz CT molecular complexity index is 810. The van der Waals surface area contributed by atoms with Crippen molar-refractivity contribution in [2.24, 2.45) is 5.92 Å². The fourth-order valence-corrected chi connectivity index (χ4v) is 5.66. The zero-order valence-electron chi connectivity index (χ0n) is 14.1. The highest BCUT2D eigenvalue weighted by Crippen LogP contribution is 2.62. The van der Waals surface area contributed by atoms with Crippen LogP contribution in [-0.2, 0) is 10.2 Å². The molecule has 0 amide bonds. The van der Waals surface area contributed by atoms with Crippen molar-refractivity contribution in [3.05, 3.63) is 46.7 Å². The summed E-state index contributed by atoms with van der Waals surface area (Å²) in [5, 5.41) is 3.62. The lowest BCUT2D eigenvalue weighted by atomic mass is 9.62. The third kappa shape index (κ3) is 1.46. The molecule has 1 aromatic carbocycles. The molecular weight excluding hydrogens is 300 g/mol. The van der Waals surface area contributed by atoms with Gasteiger partial charge in [0.2, 0.25) is 0 Å². The van der Waals surface area contributed by atoms with Crippen molar-refractivity contribution in [3.8, 4) is 5.75 Å². The normalized spacial score (nSPS) is 34.8. The lowest BCUT2D eigenvalue weighted by molar-refractivity contribution is -0.105. The number of hydrogen-bond donors (Lipinski definition) is 1. The molecule has 4 nitrogen and oxygen atoms in total. The summed E-state index contributed by atoms with van der Waals surface area (Å²) in [5.74, 6) is 1.14. The van der Waals surface area contributed by atoms with Crippen molar-refractivity contribution >= 4 is 12.0 Å². The predicted molar refractivity (Wildman–Crippen MR) is 93.2 cm³/mol. The molecule has 0 radical (unpaired) electrons. The summed E-state index contributed by atoms with van der Waals surface area (Å²) in [7, 11) is 1.71. The first kappa shape index (κ1) is 14.3. The number of ether oxygens (including phenoxy) is 1. The third-order valence-electron chi connectivity index (χ3n) is 6.68. The summed E-state index contributed by atoms with van der Waals surface area (Å²) >= 11 is 0. The molecule has 2 saturated heterocycles. The van der Waals surface area contributed by atoms with Crippen molar-refractivity contribution < 1.29 is 9.53 Å². The number of carbonyl (C=O) groups excluding carboxylic acids is 1. The maximum Gasteiger partial charge on any atom is 0.148 e. The minimum absolute atomic E-state index is 0.0596. The summed E-state index contributed by atoms with van der Waals surface area (Å²) < 4.78 is 5.59.